The minimum atomic E-state index is 0.586. The number of hydrogen-bond donors (Lipinski definition) is 1. The number of rotatable bonds is 2. The van der Waals surface area contributed by atoms with Crippen LogP contribution in [0.3, 0.4) is 0 Å². The molecule has 0 aliphatic carbocycles. The first-order valence-electron chi connectivity index (χ1n) is 5.66. The predicted octanol–water partition coefficient (Wildman–Crippen LogP) is 1.52. The standard InChI is InChI=1S/C12H19N3/c1-10(2)12-9-14-6-7-15(12)11-4-3-5-13-8-11/h3-5,8,10,12,14H,6-7,9H2,1-2H3. The van der Waals surface area contributed by atoms with Crippen molar-refractivity contribution >= 4 is 5.69 Å². The fraction of sp³-hybridized carbons (Fsp3) is 0.583. The van der Waals surface area contributed by atoms with Crippen LogP contribution < -0.4 is 10.2 Å². The molecule has 0 saturated carbocycles. The molecule has 3 heteroatoms. The van der Waals surface area contributed by atoms with Crippen molar-refractivity contribution in [2.45, 2.75) is 19.9 Å². The van der Waals surface area contributed by atoms with Gasteiger partial charge >= 0.3 is 0 Å². The smallest absolute Gasteiger partial charge is 0.0556 e. The highest BCUT2D eigenvalue weighted by atomic mass is 15.2. The van der Waals surface area contributed by atoms with E-state index in [9.17, 15) is 0 Å². The Kier molecular flexibility index (Phi) is 3.21. The molecule has 3 nitrogen and oxygen atoms in total. The van der Waals surface area contributed by atoms with E-state index < -0.39 is 0 Å². The van der Waals surface area contributed by atoms with E-state index in [2.05, 4.69) is 35.1 Å². The topological polar surface area (TPSA) is 28.2 Å². The highest BCUT2D eigenvalue weighted by Gasteiger charge is 2.24. The average molecular weight is 205 g/mol. The molecule has 2 rings (SSSR count). The minimum Gasteiger partial charge on any atom is -0.364 e. The van der Waals surface area contributed by atoms with Crippen molar-refractivity contribution in [3.63, 3.8) is 0 Å². The first kappa shape index (κ1) is 10.4. The summed E-state index contributed by atoms with van der Waals surface area (Å²) in [6, 6.07) is 4.74. The minimum absolute atomic E-state index is 0.586. The number of hydrogen-bond acceptors (Lipinski definition) is 3. The monoisotopic (exact) mass is 205 g/mol. The Morgan fingerprint density at radius 2 is 2.40 bits per heavy atom. The highest BCUT2D eigenvalue weighted by molar-refractivity contribution is 5.45. The van der Waals surface area contributed by atoms with Crippen molar-refractivity contribution in [1.29, 1.82) is 0 Å². The molecule has 0 radical (unpaired) electrons. The third-order valence-corrected chi connectivity index (χ3v) is 3.03. The van der Waals surface area contributed by atoms with Gasteiger partial charge in [-0.25, -0.2) is 0 Å². The van der Waals surface area contributed by atoms with Crippen LogP contribution in [-0.2, 0) is 0 Å². The van der Waals surface area contributed by atoms with Crippen LogP contribution in [0.4, 0.5) is 5.69 Å². The molecular formula is C12H19N3. The van der Waals surface area contributed by atoms with Crippen LogP contribution in [0.25, 0.3) is 0 Å². The molecular weight excluding hydrogens is 186 g/mol. The Morgan fingerprint density at radius 1 is 1.53 bits per heavy atom. The summed E-state index contributed by atoms with van der Waals surface area (Å²) in [5.41, 5.74) is 1.25. The Bertz CT molecular complexity index is 297. The summed E-state index contributed by atoms with van der Waals surface area (Å²) in [4.78, 5) is 6.66. The molecule has 1 N–H and O–H groups in total. The van der Waals surface area contributed by atoms with E-state index >= 15 is 0 Å². The largest absolute Gasteiger partial charge is 0.364 e. The van der Waals surface area contributed by atoms with Gasteiger partial charge in [0.25, 0.3) is 0 Å². The van der Waals surface area contributed by atoms with E-state index in [1.807, 2.05) is 18.5 Å². The molecule has 1 atom stereocenters. The van der Waals surface area contributed by atoms with Crippen molar-refractivity contribution in [3.8, 4) is 0 Å². The molecule has 1 aliphatic rings. The molecule has 1 aliphatic heterocycles. The molecule has 1 saturated heterocycles. The molecule has 0 aromatic carbocycles. The van der Waals surface area contributed by atoms with E-state index in [0.29, 0.717) is 12.0 Å². The van der Waals surface area contributed by atoms with E-state index in [4.69, 9.17) is 0 Å². The lowest BCUT2D eigenvalue weighted by Crippen LogP contribution is -2.53. The zero-order chi connectivity index (χ0) is 10.7. The summed E-state index contributed by atoms with van der Waals surface area (Å²) < 4.78 is 0. The predicted molar refractivity (Wildman–Crippen MR) is 63.1 cm³/mol. The van der Waals surface area contributed by atoms with Gasteiger partial charge in [0.05, 0.1) is 11.9 Å². The average Bonchev–Trinajstić information content (AvgIpc) is 2.30. The van der Waals surface area contributed by atoms with Gasteiger partial charge in [0, 0.05) is 31.9 Å². The van der Waals surface area contributed by atoms with Gasteiger partial charge in [-0.15, -0.1) is 0 Å². The lowest BCUT2D eigenvalue weighted by atomic mass is 10.00. The van der Waals surface area contributed by atoms with Crippen LogP contribution in [0.15, 0.2) is 24.5 Å². The SMILES string of the molecule is CC(C)C1CNCCN1c1cccnc1. The Hall–Kier alpha value is -1.09. The van der Waals surface area contributed by atoms with Crippen LogP contribution in [0.2, 0.25) is 0 Å². The molecule has 1 aromatic heterocycles. The van der Waals surface area contributed by atoms with Crippen molar-refractivity contribution in [2.75, 3.05) is 24.5 Å². The third-order valence-electron chi connectivity index (χ3n) is 3.03. The maximum Gasteiger partial charge on any atom is 0.0556 e. The summed E-state index contributed by atoms with van der Waals surface area (Å²) in [7, 11) is 0. The van der Waals surface area contributed by atoms with E-state index in [0.717, 1.165) is 19.6 Å². The molecule has 0 spiro atoms. The van der Waals surface area contributed by atoms with Crippen LogP contribution in [0.5, 0.6) is 0 Å². The van der Waals surface area contributed by atoms with Gasteiger partial charge in [0.15, 0.2) is 0 Å². The molecule has 0 amide bonds. The number of nitrogens with zero attached hydrogens (tertiary/aromatic N) is 2. The lowest BCUT2D eigenvalue weighted by molar-refractivity contribution is 0.390. The third kappa shape index (κ3) is 2.29. The number of nitrogens with one attached hydrogen (secondary N) is 1. The summed E-state index contributed by atoms with van der Waals surface area (Å²) in [6.07, 6.45) is 3.79. The second kappa shape index (κ2) is 4.62. The molecule has 1 unspecified atom stereocenters. The zero-order valence-corrected chi connectivity index (χ0v) is 9.48. The normalized spacial score (nSPS) is 22.1. The molecule has 0 bridgehead atoms. The maximum atomic E-state index is 4.19. The van der Waals surface area contributed by atoms with Crippen LogP contribution in [0, 0.1) is 5.92 Å². The van der Waals surface area contributed by atoms with E-state index in [1.54, 1.807) is 0 Å². The Balaban J connectivity index is 2.18. The first-order chi connectivity index (χ1) is 7.29. The maximum absolute atomic E-state index is 4.19. The summed E-state index contributed by atoms with van der Waals surface area (Å²) in [5, 5.41) is 3.45. The molecule has 1 fully saturated rings. The van der Waals surface area contributed by atoms with Gasteiger partial charge < -0.3 is 10.2 Å². The summed E-state index contributed by atoms with van der Waals surface area (Å²) in [5.74, 6) is 0.665. The molecule has 1 aromatic rings. The highest BCUT2D eigenvalue weighted by Crippen LogP contribution is 2.20. The second-order valence-corrected chi connectivity index (χ2v) is 4.42. The quantitative estimate of drug-likeness (QED) is 0.793. The van der Waals surface area contributed by atoms with Crippen LogP contribution in [-0.4, -0.2) is 30.7 Å². The summed E-state index contributed by atoms with van der Waals surface area (Å²) in [6.45, 7) is 7.78. The fourth-order valence-electron chi connectivity index (χ4n) is 2.17. The number of piperazine rings is 1. The lowest BCUT2D eigenvalue weighted by Gasteiger charge is -2.40. The van der Waals surface area contributed by atoms with E-state index in [1.165, 1.54) is 5.69 Å². The Morgan fingerprint density at radius 3 is 3.07 bits per heavy atom. The second-order valence-electron chi connectivity index (χ2n) is 4.42. The van der Waals surface area contributed by atoms with E-state index in [-0.39, 0.29) is 0 Å². The van der Waals surface area contributed by atoms with Crippen molar-refractivity contribution in [2.24, 2.45) is 5.92 Å². The first-order valence-corrected chi connectivity index (χ1v) is 5.66. The Labute approximate surface area is 91.5 Å². The number of pyridine rings is 1. The van der Waals surface area contributed by atoms with Gasteiger partial charge in [0.2, 0.25) is 0 Å². The van der Waals surface area contributed by atoms with Crippen LogP contribution >= 0.6 is 0 Å². The van der Waals surface area contributed by atoms with Crippen LogP contribution in [0.1, 0.15) is 13.8 Å². The van der Waals surface area contributed by atoms with Gasteiger partial charge in [-0.05, 0) is 18.1 Å². The van der Waals surface area contributed by atoms with Gasteiger partial charge in [0.1, 0.15) is 0 Å². The molecule has 15 heavy (non-hydrogen) atoms. The van der Waals surface area contributed by atoms with Crippen molar-refractivity contribution < 1.29 is 0 Å². The number of aromatic nitrogens is 1. The molecule has 82 valence electrons. The van der Waals surface area contributed by atoms with Crippen molar-refractivity contribution in [1.82, 2.24) is 10.3 Å². The fourth-order valence-corrected chi connectivity index (χ4v) is 2.17. The van der Waals surface area contributed by atoms with Gasteiger partial charge in [-0.1, -0.05) is 13.8 Å². The zero-order valence-electron chi connectivity index (χ0n) is 9.48. The number of anilines is 1. The van der Waals surface area contributed by atoms with Crippen molar-refractivity contribution in [3.05, 3.63) is 24.5 Å². The summed E-state index contributed by atoms with van der Waals surface area (Å²) >= 11 is 0. The molecule has 2 heterocycles. The van der Waals surface area contributed by atoms with Gasteiger partial charge in [-0.3, -0.25) is 4.98 Å². The van der Waals surface area contributed by atoms with Gasteiger partial charge in [-0.2, -0.15) is 0 Å².